The molecule has 1 aliphatic rings. The van der Waals surface area contributed by atoms with Crippen LogP contribution in [0.2, 0.25) is 0 Å². The van der Waals surface area contributed by atoms with Gasteiger partial charge in [-0.15, -0.1) is 0 Å². The van der Waals surface area contributed by atoms with Gasteiger partial charge in [0.15, 0.2) is 0 Å². The van der Waals surface area contributed by atoms with E-state index in [1.54, 1.807) is 4.90 Å². The number of amides is 1. The first kappa shape index (κ1) is 13.5. The van der Waals surface area contributed by atoms with Crippen molar-refractivity contribution in [1.82, 2.24) is 4.90 Å². The van der Waals surface area contributed by atoms with Gasteiger partial charge in [0.2, 0.25) is 5.91 Å². The standard InChI is InChI=1S/C13H25NO2/c1-3-5-6-7-8-11(4-2)13(16)14-9-12(15)10-14/h11-12,15H,3-10H2,1-2H3. The van der Waals surface area contributed by atoms with E-state index in [0.29, 0.717) is 13.1 Å². The molecule has 0 bridgehead atoms. The van der Waals surface area contributed by atoms with Gasteiger partial charge in [-0.2, -0.15) is 0 Å². The van der Waals surface area contributed by atoms with Gasteiger partial charge in [0.25, 0.3) is 0 Å². The predicted octanol–water partition coefficient (Wildman–Crippen LogP) is 2.19. The summed E-state index contributed by atoms with van der Waals surface area (Å²) in [5, 5.41) is 9.17. The number of rotatable bonds is 7. The van der Waals surface area contributed by atoms with Crippen LogP contribution in [-0.4, -0.2) is 35.1 Å². The number of aliphatic hydroxyl groups is 1. The Hall–Kier alpha value is -0.570. The third kappa shape index (κ3) is 3.78. The molecule has 1 fully saturated rings. The molecule has 0 saturated carbocycles. The molecule has 0 aromatic heterocycles. The number of carbonyl (C=O) groups is 1. The van der Waals surface area contributed by atoms with Crippen molar-refractivity contribution in [3.63, 3.8) is 0 Å². The van der Waals surface area contributed by atoms with Crippen LogP contribution in [0.5, 0.6) is 0 Å². The highest BCUT2D eigenvalue weighted by Crippen LogP contribution is 2.20. The van der Waals surface area contributed by atoms with Crippen LogP contribution in [0.4, 0.5) is 0 Å². The summed E-state index contributed by atoms with van der Waals surface area (Å²) in [5.41, 5.74) is 0. The Morgan fingerprint density at radius 1 is 1.31 bits per heavy atom. The number of β-amino-alcohol motifs (C(OH)–C–C–N with tert-alkyl or cyclic N) is 1. The van der Waals surface area contributed by atoms with Crippen molar-refractivity contribution in [3.05, 3.63) is 0 Å². The molecule has 1 unspecified atom stereocenters. The first-order valence-electron chi connectivity index (χ1n) is 6.65. The number of hydrogen-bond donors (Lipinski definition) is 1. The maximum absolute atomic E-state index is 12.0. The summed E-state index contributed by atoms with van der Waals surface area (Å²) < 4.78 is 0. The Labute approximate surface area is 98.8 Å². The second-order valence-electron chi connectivity index (χ2n) is 4.85. The lowest BCUT2D eigenvalue weighted by molar-refractivity contribution is -0.146. The number of carbonyl (C=O) groups excluding carboxylic acids is 1. The number of aliphatic hydroxyl groups excluding tert-OH is 1. The molecule has 1 heterocycles. The maximum Gasteiger partial charge on any atom is 0.225 e. The summed E-state index contributed by atoms with van der Waals surface area (Å²) in [7, 11) is 0. The Morgan fingerprint density at radius 3 is 2.50 bits per heavy atom. The van der Waals surface area contributed by atoms with Gasteiger partial charge in [-0.1, -0.05) is 39.5 Å². The summed E-state index contributed by atoms with van der Waals surface area (Å²) in [6.45, 7) is 5.37. The normalized spacial score (nSPS) is 18.3. The lowest BCUT2D eigenvalue weighted by Gasteiger charge is -2.38. The van der Waals surface area contributed by atoms with E-state index >= 15 is 0 Å². The third-order valence-corrected chi connectivity index (χ3v) is 3.42. The van der Waals surface area contributed by atoms with Gasteiger partial charge in [-0.3, -0.25) is 4.79 Å². The monoisotopic (exact) mass is 227 g/mol. The molecular formula is C13H25NO2. The van der Waals surface area contributed by atoms with Gasteiger partial charge in [0.1, 0.15) is 0 Å². The molecule has 3 nitrogen and oxygen atoms in total. The van der Waals surface area contributed by atoms with Crippen molar-refractivity contribution < 1.29 is 9.90 Å². The summed E-state index contributed by atoms with van der Waals surface area (Å²) in [6, 6.07) is 0. The molecule has 1 amide bonds. The van der Waals surface area contributed by atoms with Crippen LogP contribution >= 0.6 is 0 Å². The summed E-state index contributed by atoms with van der Waals surface area (Å²) in [4.78, 5) is 13.8. The lowest BCUT2D eigenvalue weighted by atomic mass is 9.95. The van der Waals surface area contributed by atoms with Gasteiger partial charge in [-0.25, -0.2) is 0 Å². The summed E-state index contributed by atoms with van der Waals surface area (Å²) in [5.74, 6) is 0.439. The van der Waals surface area contributed by atoms with E-state index < -0.39 is 0 Å². The van der Waals surface area contributed by atoms with Gasteiger partial charge in [0.05, 0.1) is 6.10 Å². The first-order valence-corrected chi connectivity index (χ1v) is 6.65. The number of likely N-dealkylation sites (tertiary alicyclic amines) is 1. The topological polar surface area (TPSA) is 40.5 Å². The SMILES string of the molecule is CCCCCCC(CC)C(=O)N1CC(O)C1. The van der Waals surface area contributed by atoms with Crippen molar-refractivity contribution >= 4 is 5.91 Å². The Balaban J connectivity index is 2.22. The molecule has 0 spiro atoms. The summed E-state index contributed by atoms with van der Waals surface area (Å²) in [6.07, 6.45) is 6.58. The number of hydrogen-bond acceptors (Lipinski definition) is 2. The molecule has 0 aromatic carbocycles. The Kier molecular flexibility index (Phi) is 5.81. The van der Waals surface area contributed by atoms with Crippen LogP contribution in [0.1, 0.15) is 52.4 Å². The van der Waals surface area contributed by atoms with Gasteiger partial charge in [-0.05, 0) is 12.8 Å². The third-order valence-electron chi connectivity index (χ3n) is 3.42. The Bertz CT molecular complexity index is 212. The van der Waals surface area contributed by atoms with Gasteiger partial charge in [0, 0.05) is 19.0 Å². The smallest absolute Gasteiger partial charge is 0.225 e. The van der Waals surface area contributed by atoms with E-state index in [-0.39, 0.29) is 17.9 Å². The number of unbranched alkanes of at least 4 members (excludes halogenated alkanes) is 3. The predicted molar refractivity (Wildman–Crippen MR) is 65.1 cm³/mol. The van der Waals surface area contributed by atoms with Crippen molar-refractivity contribution in [1.29, 1.82) is 0 Å². The van der Waals surface area contributed by atoms with Crippen molar-refractivity contribution in [2.45, 2.75) is 58.5 Å². The molecular weight excluding hydrogens is 202 g/mol. The zero-order chi connectivity index (χ0) is 12.0. The molecule has 1 rings (SSSR count). The van der Waals surface area contributed by atoms with Crippen LogP contribution in [-0.2, 0) is 4.79 Å². The molecule has 94 valence electrons. The zero-order valence-electron chi connectivity index (χ0n) is 10.6. The molecule has 1 aliphatic heterocycles. The van der Waals surface area contributed by atoms with Gasteiger partial charge < -0.3 is 10.0 Å². The fourth-order valence-electron chi connectivity index (χ4n) is 2.21. The maximum atomic E-state index is 12.0. The van der Waals surface area contributed by atoms with Crippen LogP contribution < -0.4 is 0 Å². The minimum absolute atomic E-state index is 0.185. The van der Waals surface area contributed by atoms with Crippen molar-refractivity contribution in [2.24, 2.45) is 5.92 Å². The second kappa shape index (κ2) is 6.89. The highest BCUT2D eigenvalue weighted by Gasteiger charge is 2.32. The minimum Gasteiger partial charge on any atom is -0.389 e. The Morgan fingerprint density at radius 2 is 2.00 bits per heavy atom. The molecule has 0 aliphatic carbocycles. The minimum atomic E-state index is -0.276. The highest BCUT2D eigenvalue weighted by molar-refractivity contribution is 5.79. The molecule has 1 saturated heterocycles. The van der Waals surface area contributed by atoms with Crippen molar-refractivity contribution in [2.75, 3.05) is 13.1 Å². The quantitative estimate of drug-likeness (QED) is 0.677. The van der Waals surface area contributed by atoms with E-state index in [9.17, 15) is 9.90 Å². The largest absolute Gasteiger partial charge is 0.389 e. The molecule has 3 heteroatoms. The zero-order valence-corrected chi connectivity index (χ0v) is 10.6. The second-order valence-corrected chi connectivity index (χ2v) is 4.85. The van der Waals surface area contributed by atoms with Crippen LogP contribution in [0.15, 0.2) is 0 Å². The molecule has 1 atom stereocenters. The van der Waals surface area contributed by atoms with E-state index in [4.69, 9.17) is 0 Å². The van der Waals surface area contributed by atoms with Crippen LogP contribution in [0, 0.1) is 5.92 Å². The fraction of sp³-hybridized carbons (Fsp3) is 0.923. The van der Waals surface area contributed by atoms with Crippen LogP contribution in [0.25, 0.3) is 0 Å². The fourth-order valence-corrected chi connectivity index (χ4v) is 2.21. The average molecular weight is 227 g/mol. The first-order chi connectivity index (χ1) is 7.69. The average Bonchev–Trinajstić information content (AvgIpc) is 2.24. The van der Waals surface area contributed by atoms with E-state index in [1.165, 1.54) is 19.3 Å². The van der Waals surface area contributed by atoms with E-state index in [1.807, 2.05) is 0 Å². The molecule has 0 aromatic rings. The molecule has 16 heavy (non-hydrogen) atoms. The summed E-state index contributed by atoms with van der Waals surface area (Å²) >= 11 is 0. The lowest BCUT2D eigenvalue weighted by Crippen LogP contribution is -2.55. The number of nitrogens with zero attached hydrogens (tertiary/aromatic N) is 1. The van der Waals surface area contributed by atoms with Gasteiger partial charge >= 0.3 is 0 Å². The van der Waals surface area contributed by atoms with Crippen LogP contribution in [0.3, 0.4) is 0 Å². The van der Waals surface area contributed by atoms with E-state index in [0.717, 1.165) is 19.3 Å². The molecule has 1 N–H and O–H groups in total. The van der Waals surface area contributed by atoms with E-state index in [2.05, 4.69) is 13.8 Å². The molecule has 0 radical (unpaired) electrons. The highest BCUT2D eigenvalue weighted by atomic mass is 16.3. The van der Waals surface area contributed by atoms with Crippen molar-refractivity contribution in [3.8, 4) is 0 Å².